The van der Waals surface area contributed by atoms with Gasteiger partial charge in [-0.15, -0.1) is 0 Å². The highest BCUT2D eigenvalue weighted by Gasteiger charge is 2.20. The van der Waals surface area contributed by atoms with Crippen LogP contribution in [0.5, 0.6) is 0 Å². The van der Waals surface area contributed by atoms with E-state index in [0.717, 1.165) is 27.7 Å². The van der Waals surface area contributed by atoms with Crippen molar-refractivity contribution in [1.82, 2.24) is 14.9 Å². The first-order chi connectivity index (χ1) is 17.5. The normalized spacial score (nSPS) is 13.5. The number of hydrogen-bond donors (Lipinski definition) is 4. The maximum atomic E-state index is 12.9. The Bertz CT molecular complexity index is 1420. The van der Waals surface area contributed by atoms with E-state index in [1.807, 2.05) is 60.5 Å². The number of primary amides is 1. The van der Waals surface area contributed by atoms with E-state index in [1.165, 1.54) is 6.20 Å². The summed E-state index contributed by atoms with van der Waals surface area (Å²) in [5.41, 5.74) is 10.9. The Morgan fingerprint density at radius 2 is 1.94 bits per heavy atom. The van der Waals surface area contributed by atoms with Crippen LogP contribution in [0, 0.1) is 6.92 Å². The predicted molar refractivity (Wildman–Crippen MR) is 140 cm³/mol. The highest BCUT2D eigenvalue weighted by atomic mass is 16.5. The number of carbonyl (C=O) groups is 2. The number of ether oxygens (including phenoxy) is 1. The number of aromatic amines is 1. The highest BCUT2D eigenvalue weighted by molar-refractivity contribution is 5.99. The van der Waals surface area contributed by atoms with Gasteiger partial charge in [-0.3, -0.25) is 9.59 Å². The van der Waals surface area contributed by atoms with Crippen LogP contribution in [0.4, 0.5) is 17.2 Å². The number of aryl methyl sites for hydroxylation is 1. The van der Waals surface area contributed by atoms with Crippen molar-refractivity contribution in [3.8, 4) is 0 Å². The fourth-order valence-electron chi connectivity index (χ4n) is 4.43. The van der Waals surface area contributed by atoms with Gasteiger partial charge in [0.05, 0.1) is 24.5 Å². The Morgan fingerprint density at radius 3 is 2.72 bits per heavy atom. The monoisotopic (exact) mass is 484 g/mol. The van der Waals surface area contributed by atoms with Gasteiger partial charge >= 0.3 is 0 Å². The number of pyridine rings is 1. The van der Waals surface area contributed by atoms with Gasteiger partial charge in [-0.2, -0.15) is 0 Å². The predicted octanol–water partition coefficient (Wildman–Crippen LogP) is 3.80. The Labute approximate surface area is 208 Å². The molecule has 5 rings (SSSR count). The van der Waals surface area contributed by atoms with Crippen molar-refractivity contribution in [2.24, 2.45) is 5.73 Å². The van der Waals surface area contributed by atoms with Crippen molar-refractivity contribution in [2.45, 2.75) is 13.5 Å². The maximum absolute atomic E-state index is 12.9. The number of nitrogens with two attached hydrogens (primary N) is 1. The molecule has 0 unspecified atom stereocenters. The molecule has 9 heteroatoms. The average Bonchev–Trinajstić information content (AvgIpc) is 3.37. The van der Waals surface area contributed by atoms with Crippen molar-refractivity contribution < 1.29 is 14.3 Å². The Morgan fingerprint density at radius 1 is 1.11 bits per heavy atom. The Hall–Kier alpha value is -4.37. The largest absolute Gasteiger partial charge is 0.380 e. The molecule has 5 N–H and O–H groups in total. The van der Waals surface area contributed by atoms with Gasteiger partial charge in [0.25, 0.3) is 11.8 Å². The third-order valence-electron chi connectivity index (χ3n) is 6.35. The van der Waals surface area contributed by atoms with Crippen LogP contribution in [0.2, 0.25) is 0 Å². The number of aromatic nitrogens is 2. The fourth-order valence-corrected chi connectivity index (χ4v) is 4.43. The molecule has 0 spiro atoms. The second kappa shape index (κ2) is 10.1. The highest BCUT2D eigenvalue weighted by Crippen LogP contribution is 2.25. The second-order valence-electron chi connectivity index (χ2n) is 8.75. The summed E-state index contributed by atoms with van der Waals surface area (Å²) in [6, 6.07) is 15.4. The number of anilines is 3. The topological polar surface area (TPSA) is 125 Å². The summed E-state index contributed by atoms with van der Waals surface area (Å²) >= 11 is 0. The van der Waals surface area contributed by atoms with Crippen LogP contribution in [0.15, 0.2) is 60.9 Å². The number of amides is 2. The van der Waals surface area contributed by atoms with Crippen molar-refractivity contribution in [2.75, 3.05) is 36.9 Å². The number of fused-ring (bicyclic) bond motifs is 1. The molecule has 2 aromatic heterocycles. The van der Waals surface area contributed by atoms with Gasteiger partial charge in [0.2, 0.25) is 0 Å². The first-order valence-corrected chi connectivity index (χ1v) is 11.8. The summed E-state index contributed by atoms with van der Waals surface area (Å²) in [6.07, 6.45) is 3.37. The third kappa shape index (κ3) is 4.87. The number of benzene rings is 2. The number of morpholine rings is 1. The van der Waals surface area contributed by atoms with E-state index in [1.54, 1.807) is 6.07 Å². The molecule has 1 aliphatic heterocycles. The van der Waals surface area contributed by atoms with E-state index in [4.69, 9.17) is 10.5 Å². The molecule has 0 saturated carbocycles. The molecule has 1 saturated heterocycles. The standard InChI is InChI=1S/C27H28N6O3/c1-17-13-19(5-6-20(17)27(35)33-9-11-36-12-10-33)32-25-14-24(22(16-31-25)26(28)34)30-15-18-3-2-4-23-21(18)7-8-29-23/h2-8,13-14,16,29H,9-12,15H2,1H3,(H2,28,34)(H2,30,31,32). The van der Waals surface area contributed by atoms with E-state index in [9.17, 15) is 9.59 Å². The van der Waals surface area contributed by atoms with Crippen molar-refractivity contribution in [3.63, 3.8) is 0 Å². The number of nitrogens with one attached hydrogen (secondary N) is 3. The minimum atomic E-state index is -0.557. The van der Waals surface area contributed by atoms with Crippen LogP contribution in [0.1, 0.15) is 31.8 Å². The number of rotatable bonds is 7. The van der Waals surface area contributed by atoms with Crippen molar-refractivity contribution >= 4 is 39.9 Å². The number of H-pyrrole nitrogens is 1. The zero-order chi connectivity index (χ0) is 25.1. The van der Waals surface area contributed by atoms with Crippen molar-refractivity contribution in [3.05, 3.63) is 83.2 Å². The summed E-state index contributed by atoms with van der Waals surface area (Å²) in [5.74, 6) is 0.00227. The Balaban J connectivity index is 1.34. The SMILES string of the molecule is Cc1cc(Nc2cc(NCc3cccc4[nH]ccc34)c(C(N)=O)cn2)ccc1C(=O)N1CCOCC1. The molecule has 1 fully saturated rings. The minimum absolute atomic E-state index is 0.00946. The number of hydrogen-bond acceptors (Lipinski definition) is 6. The quantitative estimate of drug-likeness (QED) is 0.316. The van der Waals surface area contributed by atoms with Crippen LogP contribution in [-0.4, -0.2) is 53.0 Å². The summed E-state index contributed by atoms with van der Waals surface area (Å²) < 4.78 is 5.35. The molecular weight excluding hydrogens is 456 g/mol. The first kappa shape index (κ1) is 23.4. The van der Waals surface area contributed by atoms with Gasteiger partial charge in [-0.25, -0.2) is 4.98 Å². The van der Waals surface area contributed by atoms with Crippen LogP contribution >= 0.6 is 0 Å². The van der Waals surface area contributed by atoms with E-state index >= 15 is 0 Å². The van der Waals surface area contributed by atoms with Gasteiger partial charge in [0.1, 0.15) is 5.82 Å². The molecule has 0 atom stereocenters. The van der Waals surface area contributed by atoms with Crippen LogP contribution < -0.4 is 16.4 Å². The molecule has 0 radical (unpaired) electrons. The lowest BCUT2D eigenvalue weighted by molar-refractivity contribution is 0.0302. The summed E-state index contributed by atoms with van der Waals surface area (Å²) in [5, 5.41) is 7.71. The molecule has 4 aromatic rings. The molecule has 0 bridgehead atoms. The third-order valence-corrected chi connectivity index (χ3v) is 6.35. The first-order valence-electron chi connectivity index (χ1n) is 11.8. The molecule has 184 valence electrons. The van der Waals surface area contributed by atoms with Crippen LogP contribution in [0.3, 0.4) is 0 Å². The molecule has 36 heavy (non-hydrogen) atoms. The smallest absolute Gasteiger partial charge is 0.254 e. The Kier molecular flexibility index (Phi) is 6.55. The van der Waals surface area contributed by atoms with E-state index in [2.05, 4.69) is 20.6 Å². The van der Waals surface area contributed by atoms with Crippen LogP contribution in [-0.2, 0) is 11.3 Å². The van der Waals surface area contributed by atoms with E-state index in [-0.39, 0.29) is 5.91 Å². The fraction of sp³-hybridized carbons (Fsp3) is 0.222. The average molecular weight is 485 g/mol. The van der Waals surface area contributed by atoms with E-state index in [0.29, 0.717) is 55.5 Å². The lowest BCUT2D eigenvalue weighted by atomic mass is 10.1. The number of nitrogens with zero attached hydrogens (tertiary/aromatic N) is 2. The summed E-state index contributed by atoms with van der Waals surface area (Å²) in [4.78, 5) is 34.3. The summed E-state index contributed by atoms with van der Waals surface area (Å²) in [7, 11) is 0. The van der Waals surface area contributed by atoms with Crippen molar-refractivity contribution in [1.29, 1.82) is 0 Å². The lowest BCUT2D eigenvalue weighted by Gasteiger charge is -2.27. The molecule has 2 amide bonds. The lowest BCUT2D eigenvalue weighted by Crippen LogP contribution is -2.40. The van der Waals surface area contributed by atoms with Crippen LogP contribution in [0.25, 0.3) is 10.9 Å². The van der Waals surface area contributed by atoms with Gasteiger partial charge in [0.15, 0.2) is 0 Å². The number of carbonyl (C=O) groups excluding carboxylic acids is 2. The molecular formula is C27H28N6O3. The summed E-state index contributed by atoms with van der Waals surface area (Å²) in [6.45, 7) is 4.75. The maximum Gasteiger partial charge on any atom is 0.254 e. The molecule has 3 heterocycles. The molecule has 1 aliphatic rings. The van der Waals surface area contributed by atoms with Gasteiger partial charge in [0, 0.05) is 60.2 Å². The van der Waals surface area contributed by atoms with Gasteiger partial charge in [-0.1, -0.05) is 12.1 Å². The zero-order valence-corrected chi connectivity index (χ0v) is 20.0. The molecule has 9 nitrogen and oxygen atoms in total. The second-order valence-corrected chi connectivity index (χ2v) is 8.75. The molecule has 0 aliphatic carbocycles. The minimum Gasteiger partial charge on any atom is -0.380 e. The van der Waals surface area contributed by atoms with Gasteiger partial charge < -0.3 is 31.0 Å². The molecule has 2 aromatic carbocycles. The van der Waals surface area contributed by atoms with Gasteiger partial charge in [-0.05, 0) is 48.4 Å². The van der Waals surface area contributed by atoms with E-state index < -0.39 is 5.91 Å². The zero-order valence-electron chi connectivity index (χ0n) is 20.0.